The number of benzene rings is 2. The largest absolute Gasteiger partial charge is 0.490 e. The average Bonchev–Trinajstić information content (AvgIpc) is 2.62. The quantitative estimate of drug-likeness (QED) is 0.517. The molecule has 0 spiro atoms. The van der Waals surface area contributed by atoms with Crippen LogP contribution in [0.4, 0.5) is 4.39 Å². The van der Waals surface area contributed by atoms with E-state index in [1.807, 2.05) is 26.1 Å². The van der Waals surface area contributed by atoms with Gasteiger partial charge in [-0.25, -0.2) is 4.39 Å². The highest BCUT2D eigenvalue weighted by atomic mass is 35.5. The Morgan fingerprint density at radius 3 is 2.56 bits per heavy atom. The summed E-state index contributed by atoms with van der Waals surface area (Å²) in [6.45, 7) is 5.12. The Morgan fingerprint density at radius 1 is 1.04 bits per heavy atom. The molecule has 0 heterocycles. The third-order valence-electron chi connectivity index (χ3n) is 3.87. The lowest BCUT2D eigenvalue weighted by molar-refractivity contribution is 0.269. The third kappa shape index (κ3) is 6.85. The average molecular weight is 415 g/mol. The molecule has 0 radical (unpaired) electrons. The van der Waals surface area contributed by atoms with Crippen molar-refractivity contribution in [1.29, 1.82) is 0 Å². The summed E-state index contributed by atoms with van der Waals surface area (Å²) in [4.78, 5) is 0. The van der Waals surface area contributed by atoms with E-state index in [2.05, 4.69) is 10.6 Å². The maximum absolute atomic E-state index is 13.2. The SMILES string of the molecule is CCOc1cc(CNCCCNC)cc(Cl)c1OCc1ccc(F)cc1Cl. The minimum Gasteiger partial charge on any atom is -0.490 e. The van der Waals surface area contributed by atoms with Crippen molar-refractivity contribution in [2.24, 2.45) is 0 Å². The Kier molecular flexibility index (Phi) is 9.15. The number of halogens is 3. The van der Waals surface area contributed by atoms with Crippen molar-refractivity contribution in [3.8, 4) is 11.5 Å². The van der Waals surface area contributed by atoms with Gasteiger partial charge in [0.1, 0.15) is 12.4 Å². The third-order valence-corrected chi connectivity index (χ3v) is 4.50. The van der Waals surface area contributed by atoms with Gasteiger partial charge in [-0.1, -0.05) is 29.3 Å². The van der Waals surface area contributed by atoms with Crippen LogP contribution < -0.4 is 20.1 Å². The maximum Gasteiger partial charge on any atom is 0.180 e. The molecule has 0 atom stereocenters. The van der Waals surface area contributed by atoms with Gasteiger partial charge in [-0.05, 0) is 63.3 Å². The zero-order valence-corrected chi connectivity index (χ0v) is 17.1. The molecule has 2 aromatic carbocycles. The molecule has 2 aromatic rings. The second kappa shape index (κ2) is 11.3. The van der Waals surface area contributed by atoms with Crippen LogP contribution in [0.1, 0.15) is 24.5 Å². The molecular formula is C20H25Cl2FN2O2. The normalized spacial score (nSPS) is 10.9. The van der Waals surface area contributed by atoms with E-state index in [1.165, 1.54) is 12.1 Å². The molecule has 0 aliphatic heterocycles. The van der Waals surface area contributed by atoms with Crippen molar-refractivity contribution in [1.82, 2.24) is 10.6 Å². The van der Waals surface area contributed by atoms with Crippen LogP contribution in [0, 0.1) is 5.82 Å². The molecule has 0 unspecified atom stereocenters. The molecule has 2 N–H and O–H groups in total. The number of rotatable bonds is 11. The fourth-order valence-electron chi connectivity index (χ4n) is 2.54. The molecule has 0 aliphatic carbocycles. The lowest BCUT2D eigenvalue weighted by Gasteiger charge is -2.16. The Morgan fingerprint density at radius 2 is 1.85 bits per heavy atom. The molecule has 0 saturated heterocycles. The molecular weight excluding hydrogens is 390 g/mol. The molecule has 4 nitrogen and oxygen atoms in total. The fourth-order valence-corrected chi connectivity index (χ4v) is 3.05. The van der Waals surface area contributed by atoms with Gasteiger partial charge in [-0.2, -0.15) is 0 Å². The van der Waals surface area contributed by atoms with Crippen LogP contribution in [0.5, 0.6) is 11.5 Å². The number of hydrogen-bond acceptors (Lipinski definition) is 4. The second-order valence-corrected chi connectivity index (χ2v) is 6.81. The first-order valence-electron chi connectivity index (χ1n) is 8.92. The molecule has 0 aliphatic rings. The molecule has 0 amide bonds. The van der Waals surface area contributed by atoms with Gasteiger partial charge in [0.05, 0.1) is 16.7 Å². The molecule has 0 aromatic heterocycles. The summed E-state index contributed by atoms with van der Waals surface area (Å²) < 4.78 is 24.7. The summed E-state index contributed by atoms with van der Waals surface area (Å²) in [5, 5.41) is 7.27. The van der Waals surface area contributed by atoms with Crippen molar-refractivity contribution in [2.45, 2.75) is 26.5 Å². The van der Waals surface area contributed by atoms with E-state index in [-0.39, 0.29) is 12.4 Å². The van der Waals surface area contributed by atoms with E-state index in [0.717, 1.165) is 25.1 Å². The van der Waals surface area contributed by atoms with Crippen LogP contribution in [-0.2, 0) is 13.2 Å². The van der Waals surface area contributed by atoms with Gasteiger partial charge in [-0.3, -0.25) is 0 Å². The molecule has 0 saturated carbocycles. The number of hydrogen-bond donors (Lipinski definition) is 2. The predicted molar refractivity (Wildman–Crippen MR) is 109 cm³/mol. The first kappa shape index (κ1) is 21.8. The Bertz CT molecular complexity index is 744. The molecule has 27 heavy (non-hydrogen) atoms. The van der Waals surface area contributed by atoms with Gasteiger partial charge >= 0.3 is 0 Å². The van der Waals surface area contributed by atoms with E-state index in [0.29, 0.717) is 40.3 Å². The molecule has 0 bridgehead atoms. The smallest absolute Gasteiger partial charge is 0.180 e. The summed E-state index contributed by atoms with van der Waals surface area (Å²) in [7, 11) is 1.94. The minimum absolute atomic E-state index is 0.167. The van der Waals surface area contributed by atoms with Crippen LogP contribution in [0.25, 0.3) is 0 Å². The summed E-state index contributed by atoms with van der Waals surface area (Å²) in [5.41, 5.74) is 1.69. The van der Waals surface area contributed by atoms with Crippen molar-refractivity contribution in [3.05, 3.63) is 57.3 Å². The highest BCUT2D eigenvalue weighted by Gasteiger charge is 2.14. The van der Waals surface area contributed by atoms with Crippen molar-refractivity contribution in [2.75, 3.05) is 26.7 Å². The lowest BCUT2D eigenvalue weighted by atomic mass is 10.2. The predicted octanol–water partition coefficient (Wildman–Crippen LogP) is 4.81. The standard InChI is InChI=1S/C20H25Cl2FN2O2/c1-3-26-19-10-14(12-25-8-4-7-24-2)9-18(22)20(19)27-13-15-5-6-16(23)11-17(15)21/h5-6,9-11,24-25H,3-4,7-8,12-13H2,1-2H3. The van der Waals surface area contributed by atoms with Gasteiger partial charge in [-0.15, -0.1) is 0 Å². The van der Waals surface area contributed by atoms with Crippen molar-refractivity contribution >= 4 is 23.2 Å². The van der Waals surface area contributed by atoms with E-state index >= 15 is 0 Å². The van der Waals surface area contributed by atoms with E-state index in [9.17, 15) is 4.39 Å². The van der Waals surface area contributed by atoms with E-state index in [1.54, 1.807) is 6.07 Å². The van der Waals surface area contributed by atoms with Crippen LogP contribution in [0.3, 0.4) is 0 Å². The van der Waals surface area contributed by atoms with Gasteiger partial charge in [0, 0.05) is 12.1 Å². The minimum atomic E-state index is -0.386. The molecule has 0 fully saturated rings. The number of ether oxygens (including phenoxy) is 2. The van der Waals surface area contributed by atoms with Gasteiger partial charge in [0.25, 0.3) is 0 Å². The lowest BCUT2D eigenvalue weighted by Crippen LogP contribution is -2.19. The Balaban J connectivity index is 2.08. The number of nitrogens with one attached hydrogen (secondary N) is 2. The van der Waals surface area contributed by atoms with Gasteiger partial charge in [0.2, 0.25) is 0 Å². The van der Waals surface area contributed by atoms with Gasteiger partial charge < -0.3 is 20.1 Å². The summed E-state index contributed by atoms with van der Waals surface area (Å²) in [6, 6.07) is 7.97. The Hall–Kier alpha value is -1.53. The summed E-state index contributed by atoms with van der Waals surface area (Å²) >= 11 is 12.5. The van der Waals surface area contributed by atoms with Crippen molar-refractivity contribution in [3.63, 3.8) is 0 Å². The van der Waals surface area contributed by atoms with Gasteiger partial charge in [0.15, 0.2) is 11.5 Å². The topological polar surface area (TPSA) is 42.5 Å². The highest BCUT2D eigenvalue weighted by molar-refractivity contribution is 6.32. The van der Waals surface area contributed by atoms with Crippen LogP contribution in [-0.4, -0.2) is 26.7 Å². The monoisotopic (exact) mass is 414 g/mol. The van der Waals surface area contributed by atoms with Crippen LogP contribution >= 0.6 is 23.2 Å². The highest BCUT2D eigenvalue weighted by Crippen LogP contribution is 2.37. The molecule has 2 rings (SSSR count). The van der Waals surface area contributed by atoms with Crippen LogP contribution in [0.2, 0.25) is 10.0 Å². The van der Waals surface area contributed by atoms with E-state index in [4.69, 9.17) is 32.7 Å². The van der Waals surface area contributed by atoms with E-state index < -0.39 is 0 Å². The second-order valence-electron chi connectivity index (χ2n) is 6.00. The zero-order valence-electron chi connectivity index (χ0n) is 15.6. The Labute approximate surface area is 170 Å². The zero-order chi connectivity index (χ0) is 19.6. The first-order valence-corrected chi connectivity index (χ1v) is 9.68. The summed E-state index contributed by atoms with van der Waals surface area (Å²) in [6.07, 6.45) is 1.04. The fraction of sp³-hybridized carbons (Fsp3) is 0.400. The molecule has 148 valence electrons. The first-order chi connectivity index (χ1) is 13.0. The molecule has 7 heteroatoms. The maximum atomic E-state index is 13.2. The van der Waals surface area contributed by atoms with Crippen LogP contribution in [0.15, 0.2) is 30.3 Å². The summed E-state index contributed by atoms with van der Waals surface area (Å²) in [5.74, 6) is 0.649. The van der Waals surface area contributed by atoms with Crippen molar-refractivity contribution < 1.29 is 13.9 Å².